The molecule has 0 fully saturated rings. The van der Waals surface area contributed by atoms with E-state index in [-0.39, 0.29) is 11.7 Å². The second kappa shape index (κ2) is 6.20. The zero-order valence-corrected chi connectivity index (χ0v) is 15.8. The third-order valence-corrected chi connectivity index (χ3v) is 6.74. The Hall–Kier alpha value is -2.20. The quantitative estimate of drug-likeness (QED) is 0.392. The van der Waals surface area contributed by atoms with E-state index in [0.29, 0.717) is 17.5 Å². The number of carbonyl (C=O) groups is 1. The molecule has 1 aliphatic carbocycles. The van der Waals surface area contributed by atoms with Gasteiger partial charge in [0.15, 0.2) is 10.8 Å². The van der Waals surface area contributed by atoms with E-state index in [9.17, 15) is 4.79 Å². The Morgan fingerprint density at radius 1 is 1.35 bits per heavy atom. The van der Waals surface area contributed by atoms with Crippen LogP contribution in [0.15, 0.2) is 11.5 Å². The molecule has 4 aromatic heterocycles. The third-order valence-electron chi connectivity index (χ3n) is 4.56. The smallest absolute Gasteiger partial charge is 0.316 e. The van der Waals surface area contributed by atoms with Gasteiger partial charge in [-0.05, 0) is 38.2 Å². The summed E-state index contributed by atoms with van der Waals surface area (Å²) in [6.07, 6.45) is 6.14. The summed E-state index contributed by atoms with van der Waals surface area (Å²) >= 11 is 3.12. The van der Waals surface area contributed by atoms with Crippen LogP contribution in [0.1, 0.15) is 30.2 Å². The Balaban J connectivity index is 1.74. The van der Waals surface area contributed by atoms with E-state index >= 15 is 0 Å². The Bertz CT molecular complexity index is 1140. The summed E-state index contributed by atoms with van der Waals surface area (Å²) in [7, 11) is 0. The van der Waals surface area contributed by atoms with Crippen molar-refractivity contribution in [2.75, 3.05) is 12.4 Å². The summed E-state index contributed by atoms with van der Waals surface area (Å²) in [5.41, 5.74) is 2.22. The molecule has 10 heteroatoms. The van der Waals surface area contributed by atoms with Gasteiger partial charge in [0, 0.05) is 4.88 Å². The first-order valence-electron chi connectivity index (χ1n) is 8.57. The maximum absolute atomic E-state index is 11.7. The van der Waals surface area contributed by atoms with Crippen molar-refractivity contribution in [2.45, 2.75) is 37.8 Å². The standard InChI is InChI=1S/C16H16N6O2S2/c1-2-24-11(23)7-25-16-20-19-15-21(16)14-12(13-17-8-18-22(13)15)9-5-3-4-6-10(9)26-14/h8H,2-7H2,1H3. The molecule has 26 heavy (non-hydrogen) atoms. The highest BCUT2D eigenvalue weighted by Crippen LogP contribution is 2.39. The number of aryl methyl sites for hydroxylation is 2. The zero-order chi connectivity index (χ0) is 17.7. The molecule has 0 radical (unpaired) electrons. The second-order valence-corrected chi connectivity index (χ2v) is 8.12. The fraction of sp³-hybridized carbons (Fsp3) is 0.438. The number of carbonyl (C=O) groups excluding carboxylic acids is 1. The topological polar surface area (TPSA) is 86.7 Å². The van der Waals surface area contributed by atoms with Crippen LogP contribution in [-0.2, 0) is 22.4 Å². The Morgan fingerprint density at radius 3 is 3.12 bits per heavy atom. The highest BCUT2D eigenvalue weighted by atomic mass is 32.2. The van der Waals surface area contributed by atoms with Gasteiger partial charge in [0.05, 0.1) is 17.7 Å². The Morgan fingerprint density at radius 2 is 2.23 bits per heavy atom. The van der Waals surface area contributed by atoms with E-state index in [1.165, 1.54) is 35.0 Å². The average Bonchev–Trinajstić information content (AvgIpc) is 3.35. The number of ether oxygens (including phenoxy) is 1. The predicted octanol–water partition coefficient (Wildman–Crippen LogP) is 2.52. The van der Waals surface area contributed by atoms with Gasteiger partial charge in [-0.15, -0.1) is 21.5 Å². The lowest BCUT2D eigenvalue weighted by Crippen LogP contribution is -2.07. The average molecular weight is 388 g/mol. The molecular formula is C16H16N6O2S2. The maximum atomic E-state index is 11.7. The molecule has 0 unspecified atom stereocenters. The van der Waals surface area contributed by atoms with Crippen molar-refractivity contribution in [2.24, 2.45) is 0 Å². The third kappa shape index (κ3) is 2.32. The van der Waals surface area contributed by atoms with Gasteiger partial charge in [0.25, 0.3) is 5.78 Å². The van der Waals surface area contributed by atoms with Crippen LogP contribution in [-0.4, -0.2) is 47.5 Å². The van der Waals surface area contributed by atoms with Gasteiger partial charge in [-0.1, -0.05) is 11.8 Å². The van der Waals surface area contributed by atoms with Crippen LogP contribution in [0.2, 0.25) is 0 Å². The number of hydrogen-bond acceptors (Lipinski definition) is 8. The van der Waals surface area contributed by atoms with Crippen molar-refractivity contribution in [3.05, 3.63) is 16.8 Å². The molecule has 0 spiro atoms. The first-order valence-corrected chi connectivity index (χ1v) is 10.4. The van der Waals surface area contributed by atoms with Crippen LogP contribution in [0.4, 0.5) is 0 Å². The molecular weight excluding hydrogens is 372 g/mol. The molecule has 0 saturated heterocycles. The number of hydrogen-bond donors (Lipinski definition) is 0. The minimum Gasteiger partial charge on any atom is -0.465 e. The zero-order valence-electron chi connectivity index (χ0n) is 14.1. The Kier molecular flexibility index (Phi) is 3.82. The molecule has 0 atom stereocenters. The first kappa shape index (κ1) is 16.0. The molecule has 5 rings (SSSR count). The van der Waals surface area contributed by atoms with Gasteiger partial charge < -0.3 is 4.74 Å². The first-order chi connectivity index (χ1) is 12.8. The molecule has 0 aliphatic heterocycles. The van der Waals surface area contributed by atoms with E-state index in [4.69, 9.17) is 4.74 Å². The van der Waals surface area contributed by atoms with Gasteiger partial charge in [0.1, 0.15) is 11.2 Å². The predicted molar refractivity (Wildman–Crippen MR) is 98.9 cm³/mol. The number of aromatic nitrogens is 6. The van der Waals surface area contributed by atoms with Crippen molar-refractivity contribution in [3.8, 4) is 0 Å². The summed E-state index contributed by atoms with van der Waals surface area (Å²) in [6, 6.07) is 0. The summed E-state index contributed by atoms with van der Waals surface area (Å²) < 4.78 is 8.77. The lowest BCUT2D eigenvalue weighted by Gasteiger charge is -2.10. The fourth-order valence-corrected chi connectivity index (χ4v) is 5.67. The molecule has 0 N–H and O–H groups in total. The molecule has 0 bridgehead atoms. The lowest BCUT2D eigenvalue weighted by molar-refractivity contribution is -0.139. The number of fused-ring (bicyclic) bond motifs is 8. The lowest BCUT2D eigenvalue weighted by atomic mass is 9.97. The minimum atomic E-state index is -0.252. The molecule has 8 nitrogen and oxygen atoms in total. The number of thiophene rings is 1. The van der Waals surface area contributed by atoms with Crippen LogP contribution >= 0.6 is 23.1 Å². The number of nitrogens with zero attached hydrogens (tertiary/aromatic N) is 6. The molecule has 4 heterocycles. The van der Waals surface area contributed by atoms with Crippen LogP contribution in [0, 0.1) is 0 Å². The van der Waals surface area contributed by atoms with E-state index < -0.39 is 0 Å². The summed E-state index contributed by atoms with van der Waals surface area (Å²) in [5.74, 6) is 0.573. The molecule has 1 aliphatic rings. The summed E-state index contributed by atoms with van der Waals surface area (Å²) in [5, 5.41) is 14.8. The van der Waals surface area contributed by atoms with Crippen molar-refractivity contribution in [1.29, 1.82) is 0 Å². The van der Waals surface area contributed by atoms with Gasteiger partial charge in [-0.3, -0.25) is 4.79 Å². The van der Waals surface area contributed by atoms with Crippen LogP contribution < -0.4 is 0 Å². The molecule has 0 amide bonds. The van der Waals surface area contributed by atoms with Crippen LogP contribution in [0.3, 0.4) is 0 Å². The monoisotopic (exact) mass is 388 g/mol. The van der Waals surface area contributed by atoms with E-state index in [0.717, 1.165) is 28.7 Å². The van der Waals surface area contributed by atoms with Crippen molar-refractivity contribution in [3.63, 3.8) is 0 Å². The highest BCUT2D eigenvalue weighted by Gasteiger charge is 2.24. The normalized spacial score (nSPS) is 14.3. The van der Waals surface area contributed by atoms with Gasteiger partial charge >= 0.3 is 5.97 Å². The number of esters is 1. The highest BCUT2D eigenvalue weighted by molar-refractivity contribution is 7.99. The van der Waals surface area contributed by atoms with E-state index in [1.807, 2.05) is 4.40 Å². The van der Waals surface area contributed by atoms with Crippen molar-refractivity contribution >= 4 is 50.7 Å². The van der Waals surface area contributed by atoms with Crippen LogP contribution in [0.25, 0.3) is 21.6 Å². The maximum Gasteiger partial charge on any atom is 0.316 e. The van der Waals surface area contributed by atoms with E-state index in [2.05, 4.69) is 20.3 Å². The van der Waals surface area contributed by atoms with Gasteiger partial charge in [0.2, 0.25) is 0 Å². The molecule has 134 valence electrons. The molecule has 4 aromatic rings. The second-order valence-electron chi connectivity index (χ2n) is 6.10. The van der Waals surface area contributed by atoms with Crippen molar-refractivity contribution < 1.29 is 9.53 Å². The Labute approximate surface area is 156 Å². The molecule has 0 aromatic carbocycles. The SMILES string of the molecule is CCOC(=O)CSc1nnc2n3ncnc3c3c4c(sc3n12)CCCC4. The minimum absolute atomic E-state index is 0.205. The number of rotatable bonds is 4. The number of thioether (sulfide) groups is 1. The van der Waals surface area contributed by atoms with Gasteiger partial charge in [-0.25, -0.2) is 9.38 Å². The summed E-state index contributed by atoms with van der Waals surface area (Å²) in [4.78, 5) is 18.7. The fourth-order valence-electron chi connectivity index (χ4n) is 3.49. The largest absolute Gasteiger partial charge is 0.465 e. The van der Waals surface area contributed by atoms with E-state index in [1.54, 1.807) is 29.1 Å². The van der Waals surface area contributed by atoms with Crippen molar-refractivity contribution in [1.82, 2.24) is 29.2 Å². The molecule has 0 saturated carbocycles. The van der Waals surface area contributed by atoms with Gasteiger partial charge in [-0.2, -0.15) is 9.61 Å². The van der Waals surface area contributed by atoms with Crippen LogP contribution in [0.5, 0.6) is 0 Å². The summed E-state index contributed by atoms with van der Waals surface area (Å²) in [6.45, 7) is 2.18.